The molecule has 18 heteroatoms. The van der Waals surface area contributed by atoms with Gasteiger partial charge in [0.05, 0.1) is 43.7 Å². The Bertz CT molecular complexity index is 4450. The number of hydrogen-bond acceptors (Lipinski definition) is 18. The van der Waals surface area contributed by atoms with Gasteiger partial charge in [0.1, 0.15) is 75.6 Å². The summed E-state index contributed by atoms with van der Waals surface area (Å²) in [7, 11) is 0. The minimum atomic E-state index is -0.316. The molecular formula is C92H120O18. The first kappa shape index (κ1) is 81.7. The Hall–Kier alpha value is -7.76. The highest BCUT2D eigenvalue weighted by Gasteiger charge is 2.37. The number of phenolic OH excluding ortho intramolecular Hbond substituents is 1. The minimum absolute atomic E-state index is 0.0112. The Morgan fingerprint density at radius 2 is 0.827 bits per heavy atom. The van der Waals surface area contributed by atoms with Crippen molar-refractivity contribution < 1.29 is 85.1 Å². The Labute approximate surface area is 651 Å². The summed E-state index contributed by atoms with van der Waals surface area (Å²) in [5.41, 5.74) is 22.9. The van der Waals surface area contributed by atoms with E-state index in [0.717, 1.165) is 249 Å². The van der Waals surface area contributed by atoms with Crippen LogP contribution in [0.2, 0.25) is 0 Å². The molecule has 7 aromatic rings. The molecule has 1 N–H and O–H groups in total. The van der Waals surface area contributed by atoms with Gasteiger partial charge in [-0.15, -0.1) is 12.3 Å². The van der Waals surface area contributed by atoms with Crippen molar-refractivity contribution in [3.05, 3.63) is 124 Å². The Balaban J connectivity index is 0.000000125. The van der Waals surface area contributed by atoms with Gasteiger partial charge in [0.15, 0.2) is 43.3 Å². The van der Waals surface area contributed by atoms with Gasteiger partial charge in [0.25, 0.3) is 0 Å². The molecule has 2 aromatic heterocycles. The molecule has 10 atom stereocenters. The molecule has 0 aliphatic carbocycles. The van der Waals surface area contributed by atoms with Crippen molar-refractivity contribution in [1.82, 2.24) is 0 Å². The van der Waals surface area contributed by atoms with Gasteiger partial charge in [-0.3, -0.25) is 9.59 Å². The first-order valence-corrected chi connectivity index (χ1v) is 40.9. The second-order valence-corrected chi connectivity index (χ2v) is 32.0. The third-order valence-electron chi connectivity index (χ3n) is 24.0. The molecule has 0 radical (unpaired) electrons. The van der Waals surface area contributed by atoms with Crippen molar-refractivity contribution in [2.75, 3.05) is 33.0 Å². The molecule has 110 heavy (non-hydrogen) atoms. The van der Waals surface area contributed by atoms with Crippen LogP contribution in [-0.2, 0) is 84.8 Å². The number of aldehydes is 2. The van der Waals surface area contributed by atoms with Crippen LogP contribution in [0.4, 0.5) is 0 Å². The smallest absolute Gasteiger partial charge is 0.185 e. The largest absolute Gasteiger partial charge is 0.507 e. The summed E-state index contributed by atoms with van der Waals surface area (Å²) in [5, 5.41) is 12.2. The van der Waals surface area contributed by atoms with Crippen molar-refractivity contribution >= 4 is 34.5 Å². The van der Waals surface area contributed by atoms with Crippen LogP contribution in [0.15, 0.2) is 21.0 Å². The van der Waals surface area contributed by atoms with E-state index in [9.17, 15) is 14.7 Å². The van der Waals surface area contributed by atoms with Crippen LogP contribution < -0.4 is 33.2 Å². The van der Waals surface area contributed by atoms with Gasteiger partial charge in [-0.25, -0.2) is 0 Å². The summed E-state index contributed by atoms with van der Waals surface area (Å²) in [6.07, 6.45) is 30.4. The molecule has 12 heterocycles. The van der Waals surface area contributed by atoms with Gasteiger partial charge < -0.3 is 75.5 Å². The van der Waals surface area contributed by atoms with Crippen LogP contribution in [0.3, 0.4) is 0 Å². The predicted molar refractivity (Wildman–Crippen MR) is 426 cm³/mol. The number of rotatable bonds is 11. The Kier molecular flexibility index (Phi) is 27.3. The zero-order chi connectivity index (χ0) is 78.2. The molecule has 18 nitrogen and oxygen atoms in total. The quantitative estimate of drug-likeness (QED) is 0.0727. The maximum atomic E-state index is 10.9. The topological polar surface area (TPSA) is 201 Å². The summed E-state index contributed by atoms with van der Waals surface area (Å²) in [6.45, 7) is 37.4. The number of carbonyl (C=O) groups excluding carboxylic acids is 2. The summed E-state index contributed by atoms with van der Waals surface area (Å²) >= 11 is 0. The van der Waals surface area contributed by atoms with Gasteiger partial charge in [0, 0.05) is 88.8 Å². The lowest BCUT2D eigenvalue weighted by Crippen LogP contribution is -2.29. The Morgan fingerprint density at radius 1 is 0.427 bits per heavy atom. The predicted octanol–water partition coefficient (Wildman–Crippen LogP) is 19.3. The third-order valence-corrected chi connectivity index (χ3v) is 24.0. The van der Waals surface area contributed by atoms with Crippen molar-refractivity contribution in [3.8, 4) is 58.3 Å². The fraction of sp³-hybridized carbons (Fsp3) is 0.587. The lowest BCUT2D eigenvalue weighted by Gasteiger charge is -2.27. The fourth-order valence-electron chi connectivity index (χ4n) is 16.7. The van der Waals surface area contributed by atoms with E-state index in [-0.39, 0.29) is 49.4 Å². The van der Waals surface area contributed by atoms with Crippen LogP contribution in [0, 0.1) is 88.5 Å². The maximum Gasteiger partial charge on any atom is 0.185 e. The molecule has 0 bridgehead atoms. The number of furan rings is 2. The lowest BCUT2D eigenvalue weighted by atomic mass is 9.90. The van der Waals surface area contributed by atoms with Crippen LogP contribution in [0.5, 0.6) is 46.0 Å². The van der Waals surface area contributed by atoms with Gasteiger partial charge in [-0.2, -0.15) is 0 Å². The third kappa shape index (κ3) is 18.3. The van der Waals surface area contributed by atoms with Gasteiger partial charge >= 0.3 is 0 Å². The average molecular weight is 1510 g/mol. The van der Waals surface area contributed by atoms with Crippen molar-refractivity contribution in [2.24, 2.45) is 0 Å². The zero-order valence-electron chi connectivity index (χ0n) is 68.3. The zero-order valence-corrected chi connectivity index (χ0v) is 68.3. The van der Waals surface area contributed by atoms with E-state index in [1.807, 2.05) is 40.7 Å². The van der Waals surface area contributed by atoms with Crippen LogP contribution in [0.1, 0.15) is 247 Å². The van der Waals surface area contributed by atoms with E-state index in [1.54, 1.807) is 0 Å². The molecule has 0 saturated carbocycles. The van der Waals surface area contributed by atoms with E-state index < -0.39 is 0 Å². The molecule has 10 aliphatic rings. The SMILES string of the molecule is C#CCCOC1CCCCO1.Cc1c(C)c2c(c(C)c1O)CCC(C)O2.Cc1c(C)c2c(c3c1OC(C)CC3)CC(C=O)O2.Cc1c(C)c2c(c3c1OC(C)CC3)CC(COC1CCCCO1)O2.Cc1c2c(c3cc(C=O)oc3c1C)CCC(C)O2.Cc1c2c(c3cc(COC4CCCCO4)oc3c1C)CCC(C)O2. The minimum Gasteiger partial charge on any atom is -0.507 e. The normalized spacial score (nSPS) is 23.7. The highest BCUT2D eigenvalue weighted by Crippen LogP contribution is 2.49. The highest BCUT2D eigenvalue weighted by molar-refractivity contribution is 5.92. The van der Waals surface area contributed by atoms with Crippen LogP contribution in [-0.4, -0.2) is 112 Å². The molecule has 3 saturated heterocycles. The van der Waals surface area contributed by atoms with Crippen LogP contribution >= 0.6 is 0 Å². The lowest BCUT2D eigenvalue weighted by molar-refractivity contribution is -0.172. The van der Waals surface area contributed by atoms with E-state index in [0.29, 0.717) is 56.4 Å². The number of hydrogen-bond donors (Lipinski definition) is 1. The number of aryl methyl sites for hydroxylation is 4. The average Bonchev–Trinajstić information content (AvgIpc) is 1.57. The second kappa shape index (κ2) is 36.8. The van der Waals surface area contributed by atoms with Crippen molar-refractivity contribution in [1.29, 1.82) is 0 Å². The number of terminal acetylenes is 1. The molecule has 0 spiro atoms. The summed E-state index contributed by atoms with van der Waals surface area (Å²) < 4.78 is 87.7. The van der Waals surface area contributed by atoms with E-state index in [4.69, 9.17) is 76.8 Å². The maximum absolute atomic E-state index is 10.9. The molecular weight excluding hydrogens is 1390 g/mol. The van der Waals surface area contributed by atoms with Crippen LogP contribution in [0.25, 0.3) is 21.9 Å². The summed E-state index contributed by atoms with van der Waals surface area (Å²) in [6, 6.07) is 3.95. The van der Waals surface area contributed by atoms with E-state index >= 15 is 0 Å². The summed E-state index contributed by atoms with van der Waals surface area (Å²) in [4.78, 5) is 21.8. The van der Waals surface area contributed by atoms with Gasteiger partial charge in [0.2, 0.25) is 0 Å². The molecule has 5 aromatic carbocycles. The number of benzene rings is 5. The number of fused-ring (bicyclic) bond motifs is 13. The number of carbonyl (C=O) groups is 2. The Morgan fingerprint density at radius 3 is 1.30 bits per heavy atom. The van der Waals surface area contributed by atoms with Crippen molar-refractivity contribution in [3.63, 3.8) is 0 Å². The first-order valence-electron chi connectivity index (χ1n) is 40.9. The monoisotopic (exact) mass is 1510 g/mol. The highest BCUT2D eigenvalue weighted by atomic mass is 16.7. The molecule has 10 unspecified atom stereocenters. The van der Waals surface area contributed by atoms with E-state index in [1.165, 1.54) is 80.3 Å². The first-order chi connectivity index (χ1) is 52.9. The second-order valence-electron chi connectivity index (χ2n) is 32.0. The van der Waals surface area contributed by atoms with Gasteiger partial charge in [-0.05, 0) is 306 Å². The molecule has 17 rings (SSSR count). The van der Waals surface area contributed by atoms with Crippen molar-refractivity contribution in [2.45, 2.75) is 320 Å². The summed E-state index contributed by atoms with van der Waals surface area (Å²) in [5.74, 6) is 11.4. The molecule has 3 fully saturated rings. The molecule has 596 valence electrons. The van der Waals surface area contributed by atoms with E-state index in [2.05, 4.69) is 88.1 Å². The standard InChI is InChI=1S/C20H28O4.C20H26O4.C15H18O3.C15H16O3.C13H18O2.C9H14O2/c2*1-12-7-8-16-17-10-15(11-22-18-6-4-5-9-21-18)24-20(17)14(3)13(2)19(16)23-12;2*1-8-4-5-12-13-6-11(7-16)18-15(13)10(3)9(2)14(12)17-8;1-7-5-6-11-10(4)12(14)8(2)9(3)13(11)15-7;1-2-3-7-10-9-6-4-5-8-11-9/h12,15,18H,4-11H2,1-3H3;10,12,18H,4-9,11H2,1-3H3;7-8,11H,4-6H2,1-3H3;6-8H,4-5H2,1-3H3;7,14H,5-6H2,1-4H3;1,9H,3-8H2. The van der Waals surface area contributed by atoms with Gasteiger partial charge in [-0.1, -0.05) is 0 Å². The molecule has 10 aliphatic heterocycles. The number of ether oxygens (including phenoxy) is 13. The fourth-order valence-corrected chi connectivity index (χ4v) is 16.7. The molecule has 0 amide bonds. The number of phenols is 1. The number of aromatic hydroxyl groups is 1.